The monoisotopic (exact) mass is 393 g/mol. The van der Waals surface area contributed by atoms with Crippen molar-refractivity contribution in [2.45, 2.75) is 49.2 Å². The molecule has 1 saturated carbocycles. The molecule has 1 amide bonds. The van der Waals surface area contributed by atoms with Crippen LogP contribution in [0.25, 0.3) is 0 Å². The zero-order valence-electron chi connectivity index (χ0n) is 15.2. The molecule has 1 N–H and O–H groups in total. The molecule has 2 aromatic carbocycles. The molecular weight excluding hydrogens is 372 g/mol. The maximum Gasteiger partial charge on any atom is 0.246 e. The number of hydrogen-bond donors (Lipinski definition) is 1. The van der Waals surface area contributed by atoms with Crippen molar-refractivity contribution in [1.29, 1.82) is 0 Å². The van der Waals surface area contributed by atoms with Crippen LogP contribution in [0.1, 0.15) is 36.8 Å². The van der Waals surface area contributed by atoms with Crippen molar-refractivity contribution in [3.05, 3.63) is 59.2 Å². The summed E-state index contributed by atoms with van der Waals surface area (Å²) in [4.78, 5) is 13.1. The zero-order chi connectivity index (χ0) is 19.8. The Morgan fingerprint density at radius 1 is 1.04 bits per heavy atom. The van der Waals surface area contributed by atoms with E-state index in [1.165, 1.54) is 0 Å². The summed E-state index contributed by atoms with van der Waals surface area (Å²) < 4.78 is 52.7. The molecule has 0 atom stereocenters. The van der Waals surface area contributed by atoms with E-state index in [2.05, 4.69) is 5.32 Å². The Morgan fingerprint density at radius 2 is 1.70 bits per heavy atom. The minimum atomic E-state index is -4.02. The van der Waals surface area contributed by atoms with Crippen LogP contribution in [0.2, 0.25) is 0 Å². The number of sulfone groups is 1. The molecule has 0 bridgehead atoms. The second-order valence-corrected chi connectivity index (χ2v) is 9.28. The summed E-state index contributed by atoms with van der Waals surface area (Å²) in [5.41, 5.74) is 0.961. The van der Waals surface area contributed by atoms with Gasteiger partial charge in [-0.3, -0.25) is 4.79 Å². The molecule has 1 aliphatic carbocycles. The van der Waals surface area contributed by atoms with E-state index in [4.69, 9.17) is 0 Å². The Morgan fingerprint density at radius 3 is 2.37 bits per heavy atom. The lowest BCUT2D eigenvalue weighted by molar-refractivity contribution is -0.118. The van der Waals surface area contributed by atoms with Gasteiger partial charge in [0, 0.05) is 6.07 Å². The minimum absolute atomic E-state index is 0.110. The number of anilines is 1. The second-order valence-electron chi connectivity index (χ2n) is 7.05. The molecule has 0 radical (unpaired) electrons. The molecule has 4 nitrogen and oxygen atoms in total. The molecule has 1 fully saturated rings. The summed E-state index contributed by atoms with van der Waals surface area (Å²) in [6.07, 6.45) is 1.43. The van der Waals surface area contributed by atoms with Crippen LogP contribution in [-0.4, -0.2) is 19.1 Å². The van der Waals surface area contributed by atoms with E-state index in [1.54, 1.807) is 32.0 Å². The van der Waals surface area contributed by atoms with Gasteiger partial charge in [0.25, 0.3) is 0 Å². The van der Waals surface area contributed by atoms with Gasteiger partial charge in [0.2, 0.25) is 5.91 Å². The van der Waals surface area contributed by atoms with Crippen LogP contribution >= 0.6 is 0 Å². The third-order valence-corrected chi connectivity index (χ3v) is 7.79. The van der Waals surface area contributed by atoms with Gasteiger partial charge in [0.1, 0.15) is 11.6 Å². The summed E-state index contributed by atoms with van der Waals surface area (Å²) in [6.45, 7) is 3.46. The van der Waals surface area contributed by atoms with Gasteiger partial charge in [-0.1, -0.05) is 25.0 Å². The molecule has 27 heavy (non-hydrogen) atoms. The highest BCUT2D eigenvalue weighted by atomic mass is 32.2. The molecule has 0 aliphatic heterocycles. The fourth-order valence-electron chi connectivity index (χ4n) is 3.60. The van der Waals surface area contributed by atoms with E-state index < -0.39 is 32.1 Å². The van der Waals surface area contributed by atoms with E-state index in [0.29, 0.717) is 18.4 Å². The standard InChI is InChI=1S/C20H21F2NO3S/c1-13-5-6-14(2)18(11-13)27(25,26)20(9-3-4-10-20)19(24)23-17-12-15(21)7-8-16(17)22/h5-8,11-12H,3-4,9-10H2,1-2H3,(H,23,24). The normalized spacial score (nSPS) is 16.3. The van der Waals surface area contributed by atoms with Crippen LogP contribution in [-0.2, 0) is 14.6 Å². The number of aryl methyl sites for hydroxylation is 2. The van der Waals surface area contributed by atoms with Crippen LogP contribution in [0.3, 0.4) is 0 Å². The van der Waals surface area contributed by atoms with Crippen molar-refractivity contribution >= 4 is 21.4 Å². The molecule has 0 heterocycles. The zero-order valence-corrected chi connectivity index (χ0v) is 16.0. The van der Waals surface area contributed by atoms with Crippen molar-refractivity contribution < 1.29 is 22.0 Å². The summed E-state index contributed by atoms with van der Waals surface area (Å²) in [7, 11) is -4.02. The Bertz CT molecular complexity index is 996. The molecule has 0 aromatic heterocycles. The Kier molecular flexibility index (Phi) is 5.08. The third kappa shape index (κ3) is 3.36. The van der Waals surface area contributed by atoms with Crippen LogP contribution in [0.4, 0.5) is 14.5 Å². The quantitative estimate of drug-likeness (QED) is 0.842. The second kappa shape index (κ2) is 7.03. The fourth-order valence-corrected chi connectivity index (χ4v) is 5.98. The fraction of sp³-hybridized carbons (Fsp3) is 0.350. The molecule has 0 unspecified atom stereocenters. The maximum absolute atomic E-state index is 13.9. The first-order valence-electron chi connectivity index (χ1n) is 8.76. The van der Waals surface area contributed by atoms with E-state index >= 15 is 0 Å². The number of carbonyl (C=O) groups excluding carboxylic acids is 1. The summed E-state index contributed by atoms with van der Waals surface area (Å²) in [5, 5.41) is 2.31. The smallest absolute Gasteiger partial charge is 0.246 e. The third-order valence-electron chi connectivity index (χ3n) is 5.15. The van der Waals surface area contributed by atoms with Crippen LogP contribution in [0.5, 0.6) is 0 Å². The average Bonchev–Trinajstić information content (AvgIpc) is 3.12. The lowest BCUT2D eigenvalue weighted by atomic mass is 10.1. The van der Waals surface area contributed by atoms with Gasteiger partial charge in [0.15, 0.2) is 14.6 Å². The van der Waals surface area contributed by atoms with Crippen molar-refractivity contribution in [3.63, 3.8) is 0 Å². The van der Waals surface area contributed by atoms with E-state index in [1.807, 2.05) is 0 Å². The molecule has 3 rings (SSSR count). The predicted molar refractivity (Wildman–Crippen MR) is 99.3 cm³/mol. The summed E-state index contributed by atoms with van der Waals surface area (Å²) in [6, 6.07) is 7.74. The number of carbonyl (C=O) groups is 1. The molecular formula is C20H21F2NO3S. The molecule has 0 spiro atoms. The maximum atomic E-state index is 13.9. The van der Waals surface area contributed by atoms with Gasteiger partial charge in [-0.05, 0) is 56.0 Å². The van der Waals surface area contributed by atoms with Gasteiger partial charge >= 0.3 is 0 Å². The number of nitrogens with one attached hydrogen (secondary N) is 1. The molecule has 144 valence electrons. The molecule has 7 heteroatoms. The highest BCUT2D eigenvalue weighted by molar-refractivity contribution is 7.93. The van der Waals surface area contributed by atoms with E-state index in [9.17, 15) is 22.0 Å². The van der Waals surface area contributed by atoms with E-state index in [-0.39, 0.29) is 23.4 Å². The SMILES string of the molecule is Cc1ccc(C)c(S(=O)(=O)C2(C(=O)Nc3cc(F)ccc3F)CCCC2)c1. The average molecular weight is 393 g/mol. The number of amides is 1. The van der Waals surface area contributed by atoms with Crippen LogP contribution < -0.4 is 5.32 Å². The molecule has 2 aromatic rings. The van der Waals surface area contributed by atoms with Crippen LogP contribution in [0.15, 0.2) is 41.3 Å². The largest absolute Gasteiger partial charge is 0.322 e. The first-order valence-corrected chi connectivity index (χ1v) is 10.2. The van der Waals surface area contributed by atoms with E-state index in [0.717, 1.165) is 23.8 Å². The minimum Gasteiger partial charge on any atom is -0.322 e. The van der Waals surface area contributed by atoms with Crippen molar-refractivity contribution in [1.82, 2.24) is 0 Å². The lowest BCUT2D eigenvalue weighted by Crippen LogP contribution is -2.47. The lowest BCUT2D eigenvalue weighted by Gasteiger charge is -2.28. The number of benzene rings is 2. The highest BCUT2D eigenvalue weighted by Crippen LogP contribution is 2.42. The van der Waals surface area contributed by atoms with Gasteiger partial charge in [0.05, 0.1) is 10.6 Å². The Balaban J connectivity index is 2.06. The summed E-state index contributed by atoms with van der Waals surface area (Å²) >= 11 is 0. The predicted octanol–water partition coefficient (Wildman–Crippen LogP) is 4.31. The van der Waals surface area contributed by atoms with Gasteiger partial charge in [-0.2, -0.15) is 0 Å². The van der Waals surface area contributed by atoms with Gasteiger partial charge in [-0.25, -0.2) is 17.2 Å². The van der Waals surface area contributed by atoms with Crippen LogP contribution in [0, 0.1) is 25.5 Å². The topological polar surface area (TPSA) is 63.2 Å². The first-order chi connectivity index (χ1) is 12.7. The van der Waals surface area contributed by atoms with Crippen molar-refractivity contribution in [2.24, 2.45) is 0 Å². The summed E-state index contributed by atoms with van der Waals surface area (Å²) in [5.74, 6) is -2.35. The molecule has 1 aliphatic rings. The highest BCUT2D eigenvalue weighted by Gasteiger charge is 2.53. The van der Waals surface area contributed by atoms with Gasteiger partial charge < -0.3 is 5.32 Å². The number of hydrogen-bond acceptors (Lipinski definition) is 3. The Labute approximate surface area is 157 Å². The first kappa shape index (κ1) is 19.5. The van der Waals surface area contributed by atoms with Crippen molar-refractivity contribution in [3.8, 4) is 0 Å². The van der Waals surface area contributed by atoms with Crippen molar-refractivity contribution in [2.75, 3.05) is 5.32 Å². The molecule has 0 saturated heterocycles. The van der Waals surface area contributed by atoms with Gasteiger partial charge in [-0.15, -0.1) is 0 Å². The number of rotatable bonds is 4. The Hall–Kier alpha value is -2.28. The number of halogens is 2.